The molecule has 4 rings (SSSR count). The lowest BCUT2D eigenvalue weighted by Gasteiger charge is -2.24. The molecular formula is C21H22N4O2. The third-order valence-corrected chi connectivity index (χ3v) is 4.84. The Kier molecular flexibility index (Phi) is 5.14. The van der Waals surface area contributed by atoms with E-state index in [-0.39, 0.29) is 11.8 Å². The fraction of sp³-hybridized carbons (Fsp3) is 0.286. The average molecular weight is 362 g/mol. The molecule has 1 heterocycles. The molecule has 1 N–H and O–H groups in total. The summed E-state index contributed by atoms with van der Waals surface area (Å²) in [5.41, 5.74) is 3.19. The van der Waals surface area contributed by atoms with Crippen molar-refractivity contribution in [1.29, 1.82) is 0 Å². The molecule has 1 aliphatic carbocycles. The molecule has 0 radical (unpaired) electrons. The Labute approximate surface area is 158 Å². The maximum Gasteiger partial charge on any atom is 0.231 e. The lowest BCUT2D eigenvalue weighted by atomic mass is 9.82. The normalized spacial score (nSPS) is 15.8. The topological polar surface area (TPSA) is 69.0 Å². The van der Waals surface area contributed by atoms with Crippen molar-refractivity contribution < 1.29 is 9.53 Å². The summed E-state index contributed by atoms with van der Waals surface area (Å²) in [6, 6.07) is 15.8. The molecule has 0 spiro atoms. The smallest absolute Gasteiger partial charge is 0.231 e. The largest absolute Gasteiger partial charge is 0.492 e. The van der Waals surface area contributed by atoms with Crippen molar-refractivity contribution in [3.05, 3.63) is 72.3 Å². The average Bonchev–Trinajstić information content (AvgIpc) is 3.21. The van der Waals surface area contributed by atoms with Crippen LogP contribution in [-0.4, -0.2) is 27.3 Å². The summed E-state index contributed by atoms with van der Waals surface area (Å²) in [5.74, 6) is 0.672. The van der Waals surface area contributed by atoms with Gasteiger partial charge in [-0.2, -0.15) is 5.10 Å². The molecule has 0 fully saturated rings. The molecule has 1 amide bonds. The van der Waals surface area contributed by atoms with Crippen LogP contribution in [-0.2, 0) is 17.8 Å². The van der Waals surface area contributed by atoms with Gasteiger partial charge >= 0.3 is 0 Å². The van der Waals surface area contributed by atoms with Crippen molar-refractivity contribution in [2.24, 2.45) is 0 Å². The van der Waals surface area contributed by atoms with Gasteiger partial charge in [-0.25, -0.2) is 9.67 Å². The second-order valence-corrected chi connectivity index (χ2v) is 6.67. The van der Waals surface area contributed by atoms with Gasteiger partial charge in [0.15, 0.2) is 0 Å². The number of hydrogen-bond donors (Lipinski definition) is 1. The quantitative estimate of drug-likeness (QED) is 0.729. The van der Waals surface area contributed by atoms with Gasteiger partial charge in [-0.1, -0.05) is 30.3 Å². The second-order valence-electron chi connectivity index (χ2n) is 6.67. The number of amides is 1. The van der Waals surface area contributed by atoms with Crippen LogP contribution in [0.5, 0.6) is 5.75 Å². The number of fused-ring (bicyclic) bond motifs is 1. The maximum atomic E-state index is 12.8. The van der Waals surface area contributed by atoms with Gasteiger partial charge in [-0.3, -0.25) is 4.79 Å². The van der Waals surface area contributed by atoms with E-state index in [2.05, 4.69) is 27.5 Å². The summed E-state index contributed by atoms with van der Waals surface area (Å²) >= 11 is 0. The molecule has 3 aromatic rings. The Morgan fingerprint density at radius 3 is 3.04 bits per heavy atom. The van der Waals surface area contributed by atoms with Crippen LogP contribution >= 0.6 is 0 Å². The van der Waals surface area contributed by atoms with Crippen molar-refractivity contribution in [3.8, 4) is 5.75 Å². The van der Waals surface area contributed by atoms with E-state index in [4.69, 9.17) is 4.74 Å². The van der Waals surface area contributed by atoms with Crippen molar-refractivity contribution in [1.82, 2.24) is 14.8 Å². The van der Waals surface area contributed by atoms with E-state index in [0.717, 1.165) is 36.3 Å². The second kappa shape index (κ2) is 8.03. The highest BCUT2D eigenvalue weighted by molar-refractivity contribution is 5.96. The van der Waals surface area contributed by atoms with E-state index in [1.165, 1.54) is 11.9 Å². The predicted octanol–water partition coefficient (Wildman–Crippen LogP) is 3.42. The first-order chi connectivity index (χ1) is 13.3. The van der Waals surface area contributed by atoms with E-state index in [0.29, 0.717) is 13.2 Å². The van der Waals surface area contributed by atoms with Crippen LogP contribution in [0.15, 0.2) is 61.2 Å². The predicted molar refractivity (Wildman–Crippen MR) is 103 cm³/mol. The van der Waals surface area contributed by atoms with Gasteiger partial charge in [0.05, 0.1) is 12.5 Å². The number of benzene rings is 2. The van der Waals surface area contributed by atoms with Crippen LogP contribution in [0.3, 0.4) is 0 Å². The Bertz CT molecular complexity index is 908. The molecule has 0 bridgehead atoms. The van der Waals surface area contributed by atoms with Crippen molar-refractivity contribution in [3.63, 3.8) is 0 Å². The van der Waals surface area contributed by atoms with Gasteiger partial charge in [0.1, 0.15) is 25.0 Å². The fourth-order valence-electron chi connectivity index (χ4n) is 3.52. The number of aromatic nitrogens is 3. The molecule has 6 heteroatoms. The lowest BCUT2D eigenvalue weighted by molar-refractivity contribution is -0.117. The number of rotatable bonds is 6. The molecule has 1 atom stereocenters. The lowest BCUT2D eigenvalue weighted by Crippen LogP contribution is -2.24. The molecule has 138 valence electrons. The summed E-state index contributed by atoms with van der Waals surface area (Å²) in [6.07, 6.45) is 6.13. The Morgan fingerprint density at radius 2 is 2.15 bits per heavy atom. The minimum absolute atomic E-state index is 0.0434. The Hall–Kier alpha value is -3.15. The number of hydrogen-bond acceptors (Lipinski definition) is 4. The standard InChI is InChI=1S/C21H22N4O2/c26-21(20-10-3-6-16-5-1-2-9-19(16)20)24-17-7-4-8-18(13-17)27-12-11-25-15-22-14-23-25/h1-2,4-5,7-9,13-15,20H,3,6,10-12H2,(H,24,26). The van der Waals surface area contributed by atoms with Crippen LogP contribution in [0.25, 0.3) is 0 Å². The molecule has 27 heavy (non-hydrogen) atoms. The Balaban J connectivity index is 1.39. The van der Waals surface area contributed by atoms with Crippen LogP contribution in [0, 0.1) is 0 Å². The molecular weight excluding hydrogens is 340 g/mol. The first kappa shape index (κ1) is 17.3. The Morgan fingerprint density at radius 1 is 1.22 bits per heavy atom. The van der Waals surface area contributed by atoms with E-state index < -0.39 is 0 Å². The third kappa shape index (κ3) is 4.16. The highest BCUT2D eigenvalue weighted by Crippen LogP contribution is 2.32. The van der Waals surface area contributed by atoms with Gasteiger partial charge in [-0.05, 0) is 42.5 Å². The molecule has 0 aliphatic heterocycles. The van der Waals surface area contributed by atoms with Crippen LogP contribution in [0.1, 0.15) is 29.9 Å². The third-order valence-electron chi connectivity index (χ3n) is 4.84. The van der Waals surface area contributed by atoms with Gasteiger partial charge in [-0.15, -0.1) is 0 Å². The zero-order valence-corrected chi connectivity index (χ0v) is 15.0. The van der Waals surface area contributed by atoms with Crippen LogP contribution in [0.4, 0.5) is 5.69 Å². The molecule has 1 unspecified atom stereocenters. The number of aryl methyl sites for hydroxylation is 1. The van der Waals surface area contributed by atoms with E-state index in [1.54, 1.807) is 11.0 Å². The van der Waals surface area contributed by atoms with Crippen molar-refractivity contribution >= 4 is 11.6 Å². The number of nitrogens with zero attached hydrogens (tertiary/aromatic N) is 3. The van der Waals surface area contributed by atoms with Crippen LogP contribution < -0.4 is 10.1 Å². The molecule has 2 aromatic carbocycles. The summed E-state index contributed by atoms with van der Waals surface area (Å²) in [4.78, 5) is 16.7. The van der Waals surface area contributed by atoms with Gasteiger partial charge < -0.3 is 10.1 Å². The van der Waals surface area contributed by atoms with E-state index in [9.17, 15) is 4.79 Å². The van der Waals surface area contributed by atoms with Gasteiger partial charge in [0.25, 0.3) is 0 Å². The van der Waals surface area contributed by atoms with Crippen molar-refractivity contribution in [2.45, 2.75) is 31.7 Å². The zero-order chi connectivity index (χ0) is 18.5. The van der Waals surface area contributed by atoms with E-state index >= 15 is 0 Å². The number of ether oxygens (including phenoxy) is 1. The molecule has 1 aliphatic rings. The number of carbonyl (C=O) groups is 1. The summed E-state index contributed by atoms with van der Waals surface area (Å²) in [7, 11) is 0. The first-order valence-electron chi connectivity index (χ1n) is 9.23. The zero-order valence-electron chi connectivity index (χ0n) is 15.0. The number of carbonyl (C=O) groups excluding carboxylic acids is 1. The minimum Gasteiger partial charge on any atom is -0.492 e. The van der Waals surface area contributed by atoms with E-state index in [1.807, 2.05) is 36.4 Å². The number of nitrogens with one attached hydrogen (secondary N) is 1. The molecule has 0 saturated carbocycles. The van der Waals surface area contributed by atoms with Crippen molar-refractivity contribution in [2.75, 3.05) is 11.9 Å². The fourth-order valence-corrected chi connectivity index (χ4v) is 3.52. The number of anilines is 1. The molecule has 6 nitrogen and oxygen atoms in total. The van der Waals surface area contributed by atoms with Gasteiger partial charge in [0.2, 0.25) is 5.91 Å². The summed E-state index contributed by atoms with van der Waals surface area (Å²) in [6.45, 7) is 1.10. The molecule has 0 saturated heterocycles. The monoisotopic (exact) mass is 362 g/mol. The SMILES string of the molecule is O=C(Nc1cccc(OCCn2cncn2)c1)C1CCCc2ccccc21. The summed E-state index contributed by atoms with van der Waals surface area (Å²) in [5, 5.41) is 7.09. The summed E-state index contributed by atoms with van der Waals surface area (Å²) < 4.78 is 7.48. The minimum atomic E-state index is -0.0909. The van der Waals surface area contributed by atoms with Crippen LogP contribution in [0.2, 0.25) is 0 Å². The first-order valence-corrected chi connectivity index (χ1v) is 9.23. The molecule has 1 aromatic heterocycles. The highest BCUT2D eigenvalue weighted by Gasteiger charge is 2.26. The maximum absolute atomic E-state index is 12.8. The highest BCUT2D eigenvalue weighted by atomic mass is 16.5. The van der Waals surface area contributed by atoms with Gasteiger partial charge in [0, 0.05) is 11.8 Å².